The van der Waals surface area contributed by atoms with E-state index in [0.717, 1.165) is 5.56 Å². The third-order valence-electron chi connectivity index (χ3n) is 5.33. The van der Waals surface area contributed by atoms with Crippen LogP contribution in [0.5, 0.6) is 5.75 Å². The van der Waals surface area contributed by atoms with Crippen molar-refractivity contribution in [3.63, 3.8) is 0 Å². The number of rotatable bonds is 5. The Morgan fingerprint density at radius 3 is 2.52 bits per heavy atom. The number of benzene rings is 1. The van der Waals surface area contributed by atoms with Crippen LogP contribution in [0.3, 0.4) is 0 Å². The van der Waals surface area contributed by atoms with E-state index in [-0.39, 0.29) is 23.6 Å². The molecular weight excluding hydrogens is 364 g/mol. The van der Waals surface area contributed by atoms with Crippen molar-refractivity contribution < 1.29 is 15.0 Å². The van der Waals surface area contributed by atoms with E-state index in [4.69, 9.17) is 11.6 Å². The van der Waals surface area contributed by atoms with Gasteiger partial charge in [0.2, 0.25) is 5.91 Å². The molecule has 1 unspecified atom stereocenters. The number of aromatic hydroxyl groups is 1. The molecule has 1 amide bonds. The Hall–Kier alpha value is -2.11. The summed E-state index contributed by atoms with van der Waals surface area (Å²) in [6.45, 7) is 2.03. The Morgan fingerprint density at radius 2 is 1.93 bits per heavy atom. The molecule has 5 nitrogen and oxygen atoms in total. The summed E-state index contributed by atoms with van der Waals surface area (Å²) in [6, 6.07) is 10.8. The Kier molecular flexibility index (Phi) is 6.02. The first-order valence-corrected chi connectivity index (χ1v) is 9.66. The molecule has 0 bridgehead atoms. The standard InChI is InChI=1S/C21H25ClN2O3/c1-14(15-2-4-16(22)5-3-15)12-20(26)24-17-8-10-21(27,11-9-17)19-7-6-18(25)13-23-19/h2-7,13-14,17,25,27H,8-12H2,1H3,(H,24,26). The molecule has 0 spiro atoms. The summed E-state index contributed by atoms with van der Waals surface area (Å²) in [5.74, 6) is 0.220. The molecule has 3 rings (SSSR count). The number of carbonyl (C=O) groups excluding carboxylic acids is 1. The summed E-state index contributed by atoms with van der Waals surface area (Å²) < 4.78 is 0. The number of aliphatic hydroxyl groups is 1. The van der Waals surface area contributed by atoms with Crippen LogP contribution >= 0.6 is 11.6 Å². The second-order valence-corrected chi connectivity index (χ2v) is 7.87. The van der Waals surface area contributed by atoms with E-state index in [9.17, 15) is 15.0 Å². The number of halogens is 1. The first-order valence-electron chi connectivity index (χ1n) is 9.28. The van der Waals surface area contributed by atoms with Gasteiger partial charge in [-0.2, -0.15) is 0 Å². The van der Waals surface area contributed by atoms with Crippen molar-refractivity contribution in [1.29, 1.82) is 0 Å². The summed E-state index contributed by atoms with van der Waals surface area (Å²) in [6.07, 6.45) is 4.21. The predicted molar refractivity (Wildman–Crippen MR) is 105 cm³/mol. The Labute approximate surface area is 164 Å². The van der Waals surface area contributed by atoms with E-state index >= 15 is 0 Å². The van der Waals surface area contributed by atoms with Crippen LogP contribution in [0.25, 0.3) is 0 Å². The molecule has 1 saturated carbocycles. The van der Waals surface area contributed by atoms with E-state index in [1.165, 1.54) is 12.3 Å². The van der Waals surface area contributed by atoms with Gasteiger partial charge < -0.3 is 15.5 Å². The highest BCUT2D eigenvalue weighted by Gasteiger charge is 2.36. The molecule has 27 heavy (non-hydrogen) atoms. The number of pyridine rings is 1. The van der Waals surface area contributed by atoms with Gasteiger partial charge in [-0.1, -0.05) is 30.7 Å². The zero-order valence-electron chi connectivity index (χ0n) is 15.4. The highest BCUT2D eigenvalue weighted by molar-refractivity contribution is 6.30. The monoisotopic (exact) mass is 388 g/mol. The summed E-state index contributed by atoms with van der Waals surface area (Å²) in [7, 11) is 0. The first kappa shape index (κ1) is 19.6. The molecule has 1 aliphatic rings. The van der Waals surface area contributed by atoms with Crippen LogP contribution in [-0.4, -0.2) is 27.1 Å². The lowest BCUT2D eigenvalue weighted by Gasteiger charge is -2.36. The summed E-state index contributed by atoms with van der Waals surface area (Å²) >= 11 is 5.91. The van der Waals surface area contributed by atoms with Gasteiger partial charge in [0.15, 0.2) is 0 Å². The Morgan fingerprint density at radius 1 is 1.26 bits per heavy atom. The van der Waals surface area contributed by atoms with Gasteiger partial charge in [-0.25, -0.2) is 0 Å². The number of aromatic nitrogens is 1. The van der Waals surface area contributed by atoms with Gasteiger partial charge in [-0.3, -0.25) is 9.78 Å². The molecule has 1 heterocycles. The van der Waals surface area contributed by atoms with E-state index in [1.807, 2.05) is 31.2 Å². The van der Waals surface area contributed by atoms with Gasteiger partial charge in [0.1, 0.15) is 11.4 Å². The van der Waals surface area contributed by atoms with Gasteiger partial charge in [-0.05, 0) is 61.4 Å². The zero-order valence-corrected chi connectivity index (χ0v) is 16.1. The van der Waals surface area contributed by atoms with E-state index in [2.05, 4.69) is 10.3 Å². The molecule has 0 saturated heterocycles. The number of hydrogen-bond acceptors (Lipinski definition) is 4. The quantitative estimate of drug-likeness (QED) is 0.725. The predicted octanol–water partition coefficient (Wildman–Crippen LogP) is 3.88. The van der Waals surface area contributed by atoms with Crippen molar-refractivity contribution in [3.8, 4) is 5.75 Å². The van der Waals surface area contributed by atoms with Crippen molar-refractivity contribution in [2.75, 3.05) is 0 Å². The Balaban J connectivity index is 1.50. The van der Waals surface area contributed by atoms with Crippen molar-refractivity contribution in [3.05, 3.63) is 58.9 Å². The van der Waals surface area contributed by atoms with Gasteiger partial charge in [0, 0.05) is 17.5 Å². The molecule has 1 aliphatic carbocycles. The lowest BCUT2D eigenvalue weighted by atomic mass is 9.79. The SMILES string of the molecule is CC(CC(=O)NC1CCC(O)(c2ccc(O)cn2)CC1)c1ccc(Cl)cc1. The molecule has 1 aromatic heterocycles. The summed E-state index contributed by atoms with van der Waals surface area (Å²) in [5.41, 5.74) is 0.665. The molecule has 1 aromatic carbocycles. The van der Waals surface area contributed by atoms with Gasteiger partial charge >= 0.3 is 0 Å². The molecule has 6 heteroatoms. The fraction of sp³-hybridized carbons (Fsp3) is 0.429. The highest BCUT2D eigenvalue weighted by Crippen LogP contribution is 2.36. The molecule has 1 fully saturated rings. The van der Waals surface area contributed by atoms with Crippen molar-refractivity contribution in [2.45, 2.75) is 56.6 Å². The molecule has 144 valence electrons. The maximum atomic E-state index is 12.4. The molecule has 1 atom stereocenters. The second kappa shape index (κ2) is 8.28. The van der Waals surface area contributed by atoms with Crippen molar-refractivity contribution in [2.24, 2.45) is 0 Å². The molecule has 2 aromatic rings. The number of nitrogens with one attached hydrogen (secondary N) is 1. The minimum atomic E-state index is -0.995. The third kappa shape index (κ3) is 4.99. The lowest BCUT2D eigenvalue weighted by Crippen LogP contribution is -2.42. The molecule has 0 aliphatic heterocycles. The van der Waals surface area contributed by atoms with Gasteiger partial charge in [0.25, 0.3) is 0 Å². The van der Waals surface area contributed by atoms with Crippen LogP contribution in [0.15, 0.2) is 42.6 Å². The van der Waals surface area contributed by atoms with E-state index in [0.29, 0.717) is 42.8 Å². The van der Waals surface area contributed by atoms with Crippen LogP contribution in [0.1, 0.15) is 56.2 Å². The third-order valence-corrected chi connectivity index (χ3v) is 5.59. The van der Waals surface area contributed by atoms with Crippen molar-refractivity contribution in [1.82, 2.24) is 10.3 Å². The molecule has 3 N–H and O–H groups in total. The van der Waals surface area contributed by atoms with Crippen molar-refractivity contribution >= 4 is 17.5 Å². The molecule has 0 radical (unpaired) electrons. The average molecular weight is 389 g/mol. The van der Waals surface area contributed by atoms with Crippen LogP contribution in [0, 0.1) is 0 Å². The van der Waals surface area contributed by atoms with Crippen LogP contribution in [0.2, 0.25) is 5.02 Å². The smallest absolute Gasteiger partial charge is 0.220 e. The number of hydrogen-bond donors (Lipinski definition) is 3. The maximum Gasteiger partial charge on any atom is 0.220 e. The fourth-order valence-electron chi connectivity index (χ4n) is 3.63. The van der Waals surface area contributed by atoms with E-state index in [1.54, 1.807) is 6.07 Å². The maximum absolute atomic E-state index is 12.4. The zero-order chi connectivity index (χ0) is 19.4. The topological polar surface area (TPSA) is 82.5 Å². The van der Waals surface area contributed by atoms with Crippen LogP contribution in [0.4, 0.5) is 0 Å². The highest BCUT2D eigenvalue weighted by atomic mass is 35.5. The minimum absolute atomic E-state index is 0.0237. The second-order valence-electron chi connectivity index (χ2n) is 7.43. The van der Waals surface area contributed by atoms with Gasteiger partial charge in [-0.15, -0.1) is 0 Å². The van der Waals surface area contributed by atoms with Crippen LogP contribution in [-0.2, 0) is 10.4 Å². The largest absolute Gasteiger partial charge is 0.506 e. The Bertz CT molecular complexity index is 769. The van der Waals surface area contributed by atoms with Gasteiger partial charge in [0.05, 0.1) is 11.9 Å². The summed E-state index contributed by atoms with van der Waals surface area (Å²) in [4.78, 5) is 16.5. The lowest BCUT2D eigenvalue weighted by molar-refractivity contribution is -0.123. The first-order chi connectivity index (χ1) is 12.9. The molecular formula is C21H25ClN2O3. The number of amides is 1. The number of carbonyl (C=O) groups is 1. The van der Waals surface area contributed by atoms with E-state index < -0.39 is 5.60 Å². The average Bonchev–Trinajstić information content (AvgIpc) is 2.64. The fourth-order valence-corrected chi connectivity index (χ4v) is 3.76. The summed E-state index contributed by atoms with van der Waals surface area (Å²) in [5, 5.41) is 24.0. The van der Waals surface area contributed by atoms with Crippen LogP contribution < -0.4 is 5.32 Å². The minimum Gasteiger partial charge on any atom is -0.506 e. The number of nitrogens with zero attached hydrogens (tertiary/aromatic N) is 1. The normalized spacial score (nSPS) is 23.6.